The van der Waals surface area contributed by atoms with Crippen LogP contribution in [0.15, 0.2) is 45.8 Å². The molecule has 0 bridgehead atoms. The molecule has 6 heteroatoms. The number of sulfonamides is 1. The highest BCUT2D eigenvalue weighted by molar-refractivity contribution is 9.10. The van der Waals surface area contributed by atoms with E-state index in [0.717, 1.165) is 9.86 Å². The molecule has 0 unspecified atom stereocenters. The van der Waals surface area contributed by atoms with E-state index in [4.69, 9.17) is 5.11 Å². The van der Waals surface area contributed by atoms with Gasteiger partial charge in [0.25, 0.3) is 0 Å². The molecule has 4 nitrogen and oxygen atoms in total. The van der Waals surface area contributed by atoms with Crippen molar-refractivity contribution < 1.29 is 13.5 Å². The molecule has 0 heterocycles. The fourth-order valence-electron chi connectivity index (χ4n) is 2.00. The molecule has 0 amide bonds. The lowest BCUT2D eigenvalue weighted by atomic mass is 10.1. The van der Waals surface area contributed by atoms with Gasteiger partial charge in [-0.2, -0.15) is 0 Å². The van der Waals surface area contributed by atoms with E-state index in [1.165, 1.54) is 0 Å². The average molecular weight is 358 g/mol. The van der Waals surface area contributed by atoms with Crippen LogP contribution in [0.3, 0.4) is 0 Å². The molecule has 0 aliphatic carbocycles. The van der Waals surface area contributed by atoms with Gasteiger partial charge in [0.1, 0.15) is 0 Å². The zero-order valence-corrected chi connectivity index (χ0v) is 13.4. The third-order valence-corrected chi connectivity index (χ3v) is 5.43. The molecule has 0 saturated carbocycles. The first-order chi connectivity index (χ1) is 9.49. The van der Waals surface area contributed by atoms with E-state index in [1.54, 1.807) is 24.3 Å². The van der Waals surface area contributed by atoms with Gasteiger partial charge in [0, 0.05) is 15.9 Å². The van der Waals surface area contributed by atoms with E-state index >= 15 is 0 Å². The van der Waals surface area contributed by atoms with Crippen LogP contribution in [-0.2, 0) is 10.0 Å². The Hall–Kier alpha value is -0.950. The van der Waals surface area contributed by atoms with Gasteiger partial charge >= 0.3 is 0 Å². The van der Waals surface area contributed by atoms with E-state index < -0.39 is 16.1 Å². The van der Waals surface area contributed by atoms with Crippen molar-refractivity contribution in [1.82, 2.24) is 4.72 Å². The highest BCUT2D eigenvalue weighted by Gasteiger charge is 2.21. The monoisotopic (exact) mass is 357 g/mol. The predicted octanol–water partition coefficient (Wildman–Crippen LogP) is 2.65. The number of rotatable bonds is 5. The Morgan fingerprint density at radius 1 is 1.20 bits per heavy atom. The topological polar surface area (TPSA) is 66.4 Å². The van der Waals surface area contributed by atoms with Crippen LogP contribution in [0, 0.1) is 0 Å². The molecule has 0 aromatic heterocycles. The van der Waals surface area contributed by atoms with E-state index in [9.17, 15) is 8.42 Å². The van der Waals surface area contributed by atoms with Crippen molar-refractivity contribution in [2.24, 2.45) is 0 Å². The third kappa shape index (κ3) is 3.03. The molecule has 2 N–H and O–H groups in total. The zero-order valence-electron chi connectivity index (χ0n) is 11.0. The van der Waals surface area contributed by atoms with Crippen molar-refractivity contribution in [3.05, 3.63) is 40.9 Å². The highest BCUT2D eigenvalue weighted by atomic mass is 79.9. The smallest absolute Gasteiger partial charge is 0.241 e. The summed E-state index contributed by atoms with van der Waals surface area (Å²) in [5, 5.41) is 10.7. The minimum absolute atomic E-state index is 0.218. The summed E-state index contributed by atoms with van der Waals surface area (Å²) in [6, 6.07) is 10.1. The van der Waals surface area contributed by atoms with Gasteiger partial charge in [-0.25, -0.2) is 13.1 Å². The fourth-order valence-corrected chi connectivity index (χ4v) is 4.00. The highest BCUT2D eigenvalue weighted by Crippen LogP contribution is 2.29. The van der Waals surface area contributed by atoms with E-state index in [-0.39, 0.29) is 11.5 Å². The zero-order chi connectivity index (χ0) is 14.8. The number of benzene rings is 2. The van der Waals surface area contributed by atoms with Gasteiger partial charge in [-0.1, -0.05) is 47.1 Å². The van der Waals surface area contributed by atoms with Crippen LogP contribution in [-0.4, -0.2) is 26.2 Å². The second-order valence-corrected chi connectivity index (χ2v) is 7.04. The molecule has 1 atom stereocenters. The average Bonchev–Trinajstić information content (AvgIpc) is 2.45. The Bertz CT molecular complexity index is 711. The lowest BCUT2D eigenvalue weighted by Crippen LogP contribution is -2.36. The van der Waals surface area contributed by atoms with Crippen molar-refractivity contribution >= 4 is 36.7 Å². The first-order valence-corrected chi connectivity index (χ1v) is 8.57. The van der Waals surface area contributed by atoms with E-state index in [1.807, 2.05) is 19.1 Å². The van der Waals surface area contributed by atoms with Crippen LogP contribution < -0.4 is 4.72 Å². The summed E-state index contributed by atoms with van der Waals surface area (Å²) in [4.78, 5) is 0.225. The van der Waals surface area contributed by atoms with Crippen LogP contribution in [0.25, 0.3) is 10.8 Å². The molecular formula is C14H16BrNO3S. The van der Waals surface area contributed by atoms with E-state index in [2.05, 4.69) is 20.7 Å². The largest absolute Gasteiger partial charge is 0.395 e. The summed E-state index contributed by atoms with van der Waals surface area (Å²) in [5.41, 5.74) is 0. The minimum atomic E-state index is -3.66. The molecule has 0 saturated heterocycles. The maximum Gasteiger partial charge on any atom is 0.241 e. The molecule has 2 aromatic carbocycles. The van der Waals surface area contributed by atoms with Crippen molar-refractivity contribution in [1.29, 1.82) is 0 Å². The molecule has 108 valence electrons. The van der Waals surface area contributed by atoms with Crippen molar-refractivity contribution in [2.75, 3.05) is 6.61 Å². The maximum atomic E-state index is 12.4. The quantitative estimate of drug-likeness (QED) is 0.864. The number of fused-ring (bicyclic) bond motifs is 1. The molecule has 0 spiro atoms. The number of aliphatic hydroxyl groups excluding tert-OH is 1. The number of nitrogens with one attached hydrogen (secondary N) is 1. The summed E-state index contributed by atoms with van der Waals surface area (Å²) in [5.74, 6) is 0. The summed E-state index contributed by atoms with van der Waals surface area (Å²) in [7, 11) is -3.66. The van der Waals surface area contributed by atoms with Crippen LogP contribution >= 0.6 is 15.9 Å². The van der Waals surface area contributed by atoms with Gasteiger partial charge in [0.05, 0.1) is 11.5 Å². The third-order valence-electron chi connectivity index (χ3n) is 3.16. The molecule has 0 fully saturated rings. The Morgan fingerprint density at radius 2 is 1.85 bits per heavy atom. The van der Waals surface area contributed by atoms with Gasteiger partial charge in [-0.15, -0.1) is 0 Å². The molecule has 0 radical (unpaired) electrons. The van der Waals surface area contributed by atoms with Gasteiger partial charge in [0.15, 0.2) is 0 Å². The van der Waals surface area contributed by atoms with Gasteiger partial charge in [-0.05, 0) is 23.9 Å². The molecule has 2 aromatic rings. The maximum absolute atomic E-state index is 12.4. The second kappa shape index (κ2) is 6.22. The lowest BCUT2D eigenvalue weighted by molar-refractivity contribution is 0.254. The number of halogens is 1. The van der Waals surface area contributed by atoms with Crippen LogP contribution in [0.1, 0.15) is 13.3 Å². The number of hydrogen-bond donors (Lipinski definition) is 2. The molecule has 0 aliphatic rings. The van der Waals surface area contributed by atoms with Crippen LogP contribution in [0.2, 0.25) is 0 Å². The Kier molecular flexibility index (Phi) is 4.80. The predicted molar refractivity (Wildman–Crippen MR) is 83.1 cm³/mol. The molecule has 20 heavy (non-hydrogen) atoms. The summed E-state index contributed by atoms with van der Waals surface area (Å²) >= 11 is 3.42. The Morgan fingerprint density at radius 3 is 2.45 bits per heavy atom. The fraction of sp³-hybridized carbons (Fsp3) is 0.286. The Balaban J connectivity index is 2.55. The van der Waals surface area contributed by atoms with E-state index in [0.29, 0.717) is 11.8 Å². The summed E-state index contributed by atoms with van der Waals surface area (Å²) in [6.45, 7) is 1.60. The minimum Gasteiger partial charge on any atom is -0.395 e. The SMILES string of the molecule is CC[C@@H](CO)NS(=O)(=O)c1ccc(Br)c2ccccc12. The van der Waals surface area contributed by atoms with Crippen LogP contribution in [0.5, 0.6) is 0 Å². The van der Waals surface area contributed by atoms with Gasteiger partial charge in [0.2, 0.25) is 10.0 Å². The first kappa shape index (κ1) is 15.4. The van der Waals surface area contributed by atoms with Crippen molar-refractivity contribution in [2.45, 2.75) is 24.3 Å². The Labute approximate surface area is 127 Å². The molecule has 0 aliphatic heterocycles. The first-order valence-electron chi connectivity index (χ1n) is 6.30. The lowest BCUT2D eigenvalue weighted by Gasteiger charge is -2.16. The normalized spacial score (nSPS) is 13.6. The molecular weight excluding hydrogens is 342 g/mol. The summed E-state index contributed by atoms with van der Waals surface area (Å²) < 4.78 is 28.3. The number of hydrogen-bond acceptors (Lipinski definition) is 3. The summed E-state index contributed by atoms with van der Waals surface area (Å²) in [6.07, 6.45) is 0.532. The second-order valence-electron chi connectivity index (χ2n) is 4.50. The van der Waals surface area contributed by atoms with Crippen LogP contribution in [0.4, 0.5) is 0 Å². The standard InChI is InChI=1S/C14H16BrNO3S/c1-2-10(9-17)16-20(18,19)14-8-7-13(15)11-5-3-4-6-12(11)14/h3-8,10,16-17H,2,9H2,1H3/t10-/m0/s1. The van der Waals surface area contributed by atoms with Crippen molar-refractivity contribution in [3.8, 4) is 0 Å². The van der Waals surface area contributed by atoms with Gasteiger partial charge < -0.3 is 5.11 Å². The van der Waals surface area contributed by atoms with Gasteiger partial charge in [-0.3, -0.25) is 0 Å². The van der Waals surface area contributed by atoms with Crippen molar-refractivity contribution in [3.63, 3.8) is 0 Å². The number of aliphatic hydroxyl groups is 1. The molecule has 2 rings (SSSR count).